The highest BCUT2D eigenvalue weighted by Crippen LogP contribution is 2.42. The quantitative estimate of drug-likeness (QED) is 0.436. The molecule has 1 amide bonds. The van der Waals surface area contributed by atoms with Crippen molar-refractivity contribution in [2.75, 3.05) is 11.1 Å². The molecule has 0 radical (unpaired) electrons. The third kappa shape index (κ3) is 3.32. The average molecular weight is 412 g/mol. The van der Waals surface area contributed by atoms with Crippen molar-refractivity contribution >= 4 is 50.4 Å². The molecular weight excluding hydrogens is 397 g/mol. The molecule has 0 saturated heterocycles. The maximum Gasteiger partial charge on any atom is 0.221 e. The summed E-state index contributed by atoms with van der Waals surface area (Å²) >= 11 is 7.48. The van der Waals surface area contributed by atoms with Crippen LogP contribution in [-0.2, 0) is 4.79 Å². The number of anilines is 2. The Labute approximate surface area is 169 Å². The second-order valence-electron chi connectivity index (χ2n) is 6.30. The Morgan fingerprint density at radius 1 is 1.18 bits per heavy atom. The predicted molar refractivity (Wildman–Crippen MR) is 114 cm³/mol. The second-order valence-corrected chi connectivity index (χ2v) is 7.59. The minimum absolute atomic E-state index is 0.0579. The van der Waals surface area contributed by atoms with Crippen molar-refractivity contribution in [2.45, 2.75) is 6.92 Å². The van der Waals surface area contributed by atoms with Gasteiger partial charge in [-0.3, -0.25) is 4.79 Å². The van der Waals surface area contributed by atoms with Gasteiger partial charge >= 0.3 is 0 Å². The topological polar surface area (TPSA) is 68.0 Å². The van der Waals surface area contributed by atoms with Gasteiger partial charge in [-0.1, -0.05) is 29.8 Å². The number of pyridine rings is 1. The van der Waals surface area contributed by atoms with Crippen LogP contribution in [0.3, 0.4) is 0 Å². The number of benzene rings is 2. The number of aromatic nitrogens is 1. The molecule has 28 heavy (non-hydrogen) atoms. The van der Waals surface area contributed by atoms with E-state index < -0.39 is 5.82 Å². The number of nitrogens with two attached hydrogens (primary N) is 1. The van der Waals surface area contributed by atoms with Gasteiger partial charge in [-0.15, -0.1) is 11.3 Å². The van der Waals surface area contributed by atoms with Crippen molar-refractivity contribution < 1.29 is 9.18 Å². The van der Waals surface area contributed by atoms with Gasteiger partial charge in [0.15, 0.2) is 0 Å². The summed E-state index contributed by atoms with van der Waals surface area (Å²) in [5.41, 5.74) is 10.3. The molecule has 3 N–H and O–H groups in total. The summed E-state index contributed by atoms with van der Waals surface area (Å²) in [4.78, 5) is 15.7. The molecule has 140 valence electrons. The highest BCUT2D eigenvalue weighted by Gasteiger charge is 2.16. The minimum Gasteiger partial charge on any atom is -0.383 e. The van der Waals surface area contributed by atoms with Crippen LogP contribution in [0.15, 0.2) is 54.0 Å². The first kappa shape index (κ1) is 18.4. The van der Waals surface area contributed by atoms with E-state index in [-0.39, 0.29) is 10.9 Å². The summed E-state index contributed by atoms with van der Waals surface area (Å²) in [6.07, 6.45) is 1.72. The van der Waals surface area contributed by atoms with E-state index in [1.165, 1.54) is 24.3 Å². The van der Waals surface area contributed by atoms with Gasteiger partial charge in [0.05, 0.1) is 5.02 Å². The van der Waals surface area contributed by atoms with Gasteiger partial charge in [0.2, 0.25) is 5.91 Å². The molecule has 0 fully saturated rings. The number of carbonyl (C=O) groups is 1. The van der Waals surface area contributed by atoms with E-state index in [0.717, 1.165) is 32.3 Å². The molecule has 0 aliphatic heterocycles. The Hall–Kier alpha value is -2.96. The molecule has 0 spiro atoms. The number of thiophene rings is 1. The number of hydrogen-bond donors (Lipinski definition) is 2. The summed E-state index contributed by atoms with van der Waals surface area (Å²) in [5, 5.41) is 5.61. The maximum absolute atomic E-state index is 13.6. The fourth-order valence-corrected chi connectivity index (χ4v) is 4.42. The fraction of sp³-hybridized carbons (Fsp3) is 0.0476. The number of amides is 1. The summed E-state index contributed by atoms with van der Waals surface area (Å²) in [6.45, 7) is 1.47. The number of halogens is 2. The third-order valence-corrected chi connectivity index (χ3v) is 5.65. The summed E-state index contributed by atoms with van der Waals surface area (Å²) in [7, 11) is 0. The Balaban J connectivity index is 1.89. The molecule has 0 aliphatic rings. The van der Waals surface area contributed by atoms with Crippen LogP contribution in [0.4, 0.5) is 15.9 Å². The Morgan fingerprint density at radius 2 is 1.96 bits per heavy atom. The van der Waals surface area contributed by atoms with E-state index in [9.17, 15) is 9.18 Å². The van der Waals surface area contributed by atoms with E-state index in [1.54, 1.807) is 18.3 Å². The van der Waals surface area contributed by atoms with Crippen molar-refractivity contribution in [2.24, 2.45) is 0 Å². The standard InChI is InChI=1S/C21H15ClFN3OS/c1-11(27)26-14-4-2-3-12(7-14)15-9-25-21(24)19-16(10-28-20(15)19)13-5-6-18(23)17(22)8-13/h2-10H,1H3,(H2,24,25)(H,26,27). The van der Waals surface area contributed by atoms with Crippen molar-refractivity contribution in [3.63, 3.8) is 0 Å². The van der Waals surface area contributed by atoms with Crippen LogP contribution in [0, 0.1) is 5.82 Å². The van der Waals surface area contributed by atoms with Crippen LogP contribution >= 0.6 is 22.9 Å². The molecule has 0 bridgehead atoms. The molecular formula is C21H15ClFN3OS. The smallest absolute Gasteiger partial charge is 0.221 e. The van der Waals surface area contributed by atoms with Gasteiger partial charge in [-0.05, 0) is 40.8 Å². The first-order valence-electron chi connectivity index (χ1n) is 8.43. The molecule has 4 rings (SSSR count). The van der Waals surface area contributed by atoms with Crippen LogP contribution < -0.4 is 11.1 Å². The fourth-order valence-electron chi connectivity index (χ4n) is 3.12. The number of nitrogens with one attached hydrogen (secondary N) is 1. The van der Waals surface area contributed by atoms with Crippen LogP contribution in [0.2, 0.25) is 5.02 Å². The first-order chi connectivity index (χ1) is 13.4. The van der Waals surface area contributed by atoms with Crippen molar-refractivity contribution in [3.05, 3.63) is 64.9 Å². The number of hydrogen-bond acceptors (Lipinski definition) is 4. The molecule has 7 heteroatoms. The van der Waals surface area contributed by atoms with Gasteiger partial charge in [-0.25, -0.2) is 9.37 Å². The van der Waals surface area contributed by atoms with E-state index in [1.807, 2.05) is 29.6 Å². The molecule has 4 nitrogen and oxygen atoms in total. The van der Waals surface area contributed by atoms with Crippen LogP contribution in [-0.4, -0.2) is 10.9 Å². The zero-order valence-corrected chi connectivity index (χ0v) is 16.4. The molecule has 0 aliphatic carbocycles. The maximum atomic E-state index is 13.6. The number of carbonyl (C=O) groups excluding carboxylic acids is 1. The summed E-state index contributed by atoms with van der Waals surface area (Å²) < 4.78 is 14.5. The lowest BCUT2D eigenvalue weighted by atomic mass is 10.0. The van der Waals surface area contributed by atoms with Gasteiger partial charge in [-0.2, -0.15) is 0 Å². The zero-order valence-electron chi connectivity index (χ0n) is 14.8. The number of fused-ring (bicyclic) bond motifs is 1. The summed E-state index contributed by atoms with van der Waals surface area (Å²) in [5.74, 6) is -0.204. The van der Waals surface area contributed by atoms with E-state index >= 15 is 0 Å². The average Bonchev–Trinajstić information content (AvgIpc) is 3.10. The van der Waals surface area contributed by atoms with E-state index in [2.05, 4.69) is 10.3 Å². The van der Waals surface area contributed by atoms with Gasteiger partial charge in [0, 0.05) is 40.0 Å². The Morgan fingerprint density at radius 3 is 2.71 bits per heavy atom. The molecule has 2 heterocycles. The van der Waals surface area contributed by atoms with Crippen molar-refractivity contribution in [1.29, 1.82) is 0 Å². The van der Waals surface area contributed by atoms with Crippen LogP contribution in [0.5, 0.6) is 0 Å². The summed E-state index contributed by atoms with van der Waals surface area (Å²) in [6, 6.07) is 12.1. The number of nitrogen functional groups attached to an aromatic ring is 1. The molecule has 4 aromatic rings. The molecule has 0 atom stereocenters. The SMILES string of the molecule is CC(=O)Nc1cccc(-c2cnc(N)c3c(-c4ccc(F)c(Cl)c4)csc23)c1. The minimum atomic E-state index is -0.466. The van der Waals surface area contributed by atoms with Crippen molar-refractivity contribution in [3.8, 4) is 22.3 Å². The lowest BCUT2D eigenvalue weighted by Gasteiger charge is -2.09. The predicted octanol–water partition coefficient (Wildman–Crippen LogP) is 5.96. The monoisotopic (exact) mass is 411 g/mol. The molecule has 2 aromatic carbocycles. The highest BCUT2D eigenvalue weighted by atomic mass is 35.5. The lowest BCUT2D eigenvalue weighted by molar-refractivity contribution is -0.114. The Kier molecular flexibility index (Phi) is 4.75. The van der Waals surface area contributed by atoms with E-state index in [4.69, 9.17) is 17.3 Å². The highest BCUT2D eigenvalue weighted by molar-refractivity contribution is 7.18. The lowest BCUT2D eigenvalue weighted by Crippen LogP contribution is -2.05. The zero-order chi connectivity index (χ0) is 19.8. The molecule has 0 unspecified atom stereocenters. The number of rotatable bonds is 3. The first-order valence-corrected chi connectivity index (χ1v) is 9.69. The number of nitrogens with zero attached hydrogens (tertiary/aromatic N) is 1. The molecule has 2 aromatic heterocycles. The van der Waals surface area contributed by atoms with Gasteiger partial charge in [0.25, 0.3) is 0 Å². The third-order valence-electron chi connectivity index (χ3n) is 4.35. The Bertz CT molecular complexity index is 1220. The largest absolute Gasteiger partial charge is 0.383 e. The van der Waals surface area contributed by atoms with Crippen molar-refractivity contribution in [1.82, 2.24) is 4.98 Å². The van der Waals surface area contributed by atoms with E-state index in [0.29, 0.717) is 11.5 Å². The molecule has 0 saturated carbocycles. The van der Waals surface area contributed by atoms with Crippen LogP contribution in [0.1, 0.15) is 6.92 Å². The van der Waals surface area contributed by atoms with Gasteiger partial charge < -0.3 is 11.1 Å². The second kappa shape index (κ2) is 7.22. The van der Waals surface area contributed by atoms with Crippen LogP contribution in [0.25, 0.3) is 32.3 Å². The van der Waals surface area contributed by atoms with Gasteiger partial charge in [0.1, 0.15) is 11.6 Å². The normalized spacial score (nSPS) is 11.0.